The molecule has 0 aromatic heterocycles. The standard InChI is InChI=1S/C20H23N3O3S/c1-27-17-10-11-19(23(25)26)18(12-17)20(24)22-16-8-6-15(7-9-16)21-13-14-4-2-3-5-14/h6-12,14,21H,2-5,13H2,1H3,(H,22,24). The maximum atomic E-state index is 12.6. The number of nitro benzene ring substituents is 1. The molecule has 0 saturated heterocycles. The molecule has 1 aliphatic carbocycles. The van der Waals surface area contributed by atoms with Crippen molar-refractivity contribution >= 4 is 34.7 Å². The summed E-state index contributed by atoms with van der Waals surface area (Å²) in [4.78, 5) is 24.0. The molecule has 6 nitrogen and oxygen atoms in total. The lowest BCUT2D eigenvalue weighted by molar-refractivity contribution is -0.385. The van der Waals surface area contributed by atoms with Crippen LogP contribution in [0.5, 0.6) is 0 Å². The van der Waals surface area contributed by atoms with E-state index in [2.05, 4.69) is 10.6 Å². The molecule has 0 atom stereocenters. The highest BCUT2D eigenvalue weighted by Crippen LogP contribution is 2.27. The van der Waals surface area contributed by atoms with E-state index in [1.165, 1.54) is 43.5 Å². The number of rotatable bonds is 7. The lowest BCUT2D eigenvalue weighted by atomic mass is 10.1. The molecule has 0 radical (unpaired) electrons. The molecule has 0 aliphatic heterocycles. The van der Waals surface area contributed by atoms with Crippen molar-refractivity contribution < 1.29 is 9.72 Å². The van der Waals surface area contributed by atoms with Gasteiger partial charge in [0.05, 0.1) is 4.92 Å². The quantitative estimate of drug-likeness (QED) is 0.390. The first-order valence-electron chi connectivity index (χ1n) is 9.04. The Morgan fingerprint density at radius 3 is 2.44 bits per heavy atom. The van der Waals surface area contributed by atoms with Gasteiger partial charge in [0.15, 0.2) is 0 Å². The van der Waals surface area contributed by atoms with Crippen LogP contribution in [0.1, 0.15) is 36.0 Å². The van der Waals surface area contributed by atoms with Crippen LogP contribution in [0.2, 0.25) is 0 Å². The highest BCUT2D eigenvalue weighted by atomic mass is 32.2. The zero-order chi connectivity index (χ0) is 19.2. The van der Waals surface area contributed by atoms with Crippen molar-refractivity contribution in [2.75, 3.05) is 23.4 Å². The number of hydrogen-bond donors (Lipinski definition) is 2. The fourth-order valence-corrected chi connectivity index (χ4v) is 3.77. The summed E-state index contributed by atoms with van der Waals surface area (Å²) >= 11 is 1.43. The van der Waals surface area contributed by atoms with E-state index in [4.69, 9.17) is 0 Å². The summed E-state index contributed by atoms with van der Waals surface area (Å²) in [5, 5.41) is 17.4. The van der Waals surface area contributed by atoms with Crippen LogP contribution in [-0.2, 0) is 0 Å². The molecular formula is C20H23N3O3S. The van der Waals surface area contributed by atoms with Crippen molar-refractivity contribution in [3.63, 3.8) is 0 Å². The molecule has 0 spiro atoms. The monoisotopic (exact) mass is 385 g/mol. The van der Waals surface area contributed by atoms with Crippen LogP contribution in [0.15, 0.2) is 47.4 Å². The number of hydrogen-bond acceptors (Lipinski definition) is 5. The van der Waals surface area contributed by atoms with Gasteiger partial charge in [0, 0.05) is 28.9 Å². The van der Waals surface area contributed by atoms with Gasteiger partial charge in [-0.15, -0.1) is 11.8 Å². The number of carbonyl (C=O) groups is 1. The molecule has 0 unspecified atom stereocenters. The number of nitro groups is 1. The van der Waals surface area contributed by atoms with Crippen molar-refractivity contribution in [2.45, 2.75) is 30.6 Å². The Hall–Kier alpha value is -2.54. The van der Waals surface area contributed by atoms with E-state index in [0.717, 1.165) is 23.0 Å². The third kappa shape index (κ3) is 5.01. The van der Waals surface area contributed by atoms with Crippen LogP contribution in [0.4, 0.5) is 17.1 Å². The second-order valence-electron chi connectivity index (χ2n) is 6.70. The Balaban J connectivity index is 1.66. The first-order chi connectivity index (χ1) is 13.1. The van der Waals surface area contributed by atoms with Gasteiger partial charge in [0.2, 0.25) is 0 Å². The summed E-state index contributed by atoms with van der Waals surface area (Å²) in [6.45, 7) is 0.972. The summed E-state index contributed by atoms with van der Waals surface area (Å²) < 4.78 is 0. The lowest BCUT2D eigenvalue weighted by Gasteiger charge is -2.12. The number of nitrogens with zero attached hydrogens (tertiary/aromatic N) is 1. The average molecular weight is 385 g/mol. The minimum atomic E-state index is -0.533. The van der Waals surface area contributed by atoms with Gasteiger partial charge in [-0.2, -0.15) is 0 Å². The molecule has 1 saturated carbocycles. The molecule has 3 rings (SSSR count). The van der Waals surface area contributed by atoms with Crippen LogP contribution in [0, 0.1) is 16.0 Å². The largest absolute Gasteiger partial charge is 0.385 e. The molecule has 0 heterocycles. The summed E-state index contributed by atoms with van der Waals surface area (Å²) in [6, 6.07) is 12.0. The van der Waals surface area contributed by atoms with Crippen molar-refractivity contribution in [2.24, 2.45) is 5.92 Å². The molecule has 1 aliphatic rings. The van der Waals surface area contributed by atoms with Crippen LogP contribution < -0.4 is 10.6 Å². The maximum absolute atomic E-state index is 12.6. The summed E-state index contributed by atoms with van der Waals surface area (Å²) in [5.41, 5.74) is 1.49. The van der Waals surface area contributed by atoms with Crippen LogP contribution >= 0.6 is 11.8 Å². The Bertz CT molecular complexity index is 818. The summed E-state index contributed by atoms with van der Waals surface area (Å²) in [7, 11) is 0. The fourth-order valence-electron chi connectivity index (χ4n) is 3.33. The third-order valence-corrected chi connectivity index (χ3v) is 5.58. The van der Waals surface area contributed by atoms with Gasteiger partial charge in [-0.3, -0.25) is 14.9 Å². The van der Waals surface area contributed by atoms with Gasteiger partial charge in [0.25, 0.3) is 11.6 Å². The Kier molecular flexibility index (Phi) is 6.34. The fraction of sp³-hybridized carbons (Fsp3) is 0.350. The van der Waals surface area contributed by atoms with Gasteiger partial charge in [-0.1, -0.05) is 12.8 Å². The highest BCUT2D eigenvalue weighted by molar-refractivity contribution is 7.98. The van der Waals surface area contributed by atoms with E-state index in [9.17, 15) is 14.9 Å². The Morgan fingerprint density at radius 2 is 1.81 bits per heavy atom. The van der Waals surface area contributed by atoms with Crippen LogP contribution in [0.25, 0.3) is 0 Å². The zero-order valence-electron chi connectivity index (χ0n) is 15.2. The van der Waals surface area contributed by atoms with E-state index in [1.54, 1.807) is 24.3 Å². The first-order valence-corrected chi connectivity index (χ1v) is 10.3. The Morgan fingerprint density at radius 1 is 1.15 bits per heavy atom. The molecule has 2 N–H and O–H groups in total. The van der Waals surface area contributed by atoms with Crippen molar-refractivity contribution in [3.8, 4) is 0 Å². The molecule has 2 aromatic rings. The predicted octanol–water partition coefficient (Wildman–Crippen LogP) is 5.17. The second-order valence-corrected chi connectivity index (χ2v) is 7.58. The van der Waals surface area contributed by atoms with Gasteiger partial charge in [0.1, 0.15) is 5.56 Å². The number of carbonyl (C=O) groups excluding carboxylic acids is 1. The van der Waals surface area contributed by atoms with Gasteiger partial charge in [-0.25, -0.2) is 0 Å². The molecule has 142 valence electrons. The molecule has 0 bridgehead atoms. The normalized spacial score (nSPS) is 14.1. The number of anilines is 2. The van der Waals surface area contributed by atoms with E-state index in [1.807, 2.05) is 18.4 Å². The molecule has 2 aromatic carbocycles. The molecular weight excluding hydrogens is 362 g/mol. The maximum Gasteiger partial charge on any atom is 0.282 e. The number of amides is 1. The molecule has 1 amide bonds. The van der Waals surface area contributed by atoms with Crippen LogP contribution in [-0.4, -0.2) is 23.6 Å². The van der Waals surface area contributed by atoms with E-state index >= 15 is 0 Å². The predicted molar refractivity (Wildman–Crippen MR) is 110 cm³/mol. The highest BCUT2D eigenvalue weighted by Gasteiger charge is 2.21. The smallest absolute Gasteiger partial charge is 0.282 e. The number of benzene rings is 2. The topological polar surface area (TPSA) is 84.3 Å². The SMILES string of the molecule is CSc1ccc([N+](=O)[O-])c(C(=O)Nc2ccc(NCC3CCCC3)cc2)c1. The third-order valence-electron chi connectivity index (χ3n) is 4.86. The van der Waals surface area contributed by atoms with Gasteiger partial charge >= 0.3 is 0 Å². The number of thioether (sulfide) groups is 1. The van der Waals surface area contributed by atoms with Crippen molar-refractivity contribution in [3.05, 3.63) is 58.1 Å². The van der Waals surface area contributed by atoms with Gasteiger partial charge in [-0.05, 0) is 61.4 Å². The molecule has 1 fully saturated rings. The second kappa shape index (κ2) is 8.90. The Labute approximate surface area is 162 Å². The van der Waals surface area contributed by atoms with E-state index in [0.29, 0.717) is 5.69 Å². The zero-order valence-corrected chi connectivity index (χ0v) is 16.1. The van der Waals surface area contributed by atoms with Gasteiger partial charge < -0.3 is 10.6 Å². The summed E-state index contributed by atoms with van der Waals surface area (Å²) in [5.74, 6) is 0.262. The van der Waals surface area contributed by atoms with Crippen molar-refractivity contribution in [1.29, 1.82) is 0 Å². The molecule has 27 heavy (non-hydrogen) atoms. The number of nitrogens with one attached hydrogen (secondary N) is 2. The summed E-state index contributed by atoms with van der Waals surface area (Å²) in [6.07, 6.45) is 7.08. The van der Waals surface area contributed by atoms with E-state index < -0.39 is 10.8 Å². The van der Waals surface area contributed by atoms with Crippen molar-refractivity contribution in [1.82, 2.24) is 0 Å². The van der Waals surface area contributed by atoms with Crippen LogP contribution in [0.3, 0.4) is 0 Å². The minimum Gasteiger partial charge on any atom is -0.385 e. The minimum absolute atomic E-state index is 0.0651. The lowest BCUT2D eigenvalue weighted by Crippen LogP contribution is -2.14. The first kappa shape index (κ1) is 19.2. The van der Waals surface area contributed by atoms with E-state index in [-0.39, 0.29) is 11.3 Å². The molecule has 7 heteroatoms. The average Bonchev–Trinajstić information content (AvgIpc) is 3.20.